The molecule has 1 aromatic carbocycles. The summed E-state index contributed by atoms with van der Waals surface area (Å²) in [4.78, 5) is 10.2. The monoisotopic (exact) mass is 324 g/mol. The third-order valence-electron chi connectivity index (χ3n) is 2.46. The third kappa shape index (κ3) is 3.88. The quantitative estimate of drug-likeness (QED) is 0.579. The van der Waals surface area contributed by atoms with Crippen molar-refractivity contribution in [3.8, 4) is 0 Å². The molecule has 21 heavy (non-hydrogen) atoms. The Hall–Kier alpha value is -1.74. The fourth-order valence-corrected chi connectivity index (χ4v) is 1.64. The largest absolute Gasteiger partial charge is 0.417 e. The zero-order valence-corrected chi connectivity index (χ0v) is 9.75. The van der Waals surface area contributed by atoms with Crippen molar-refractivity contribution >= 4 is 6.29 Å². The van der Waals surface area contributed by atoms with Gasteiger partial charge in [-0.05, 0) is 17.7 Å². The molecule has 1 aromatic rings. The lowest BCUT2D eigenvalue weighted by Crippen LogP contribution is -2.20. The van der Waals surface area contributed by atoms with Crippen molar-refractivity contribution in [2.45, 2.75) is 24.9 Å². The first-order valence-corrected chi connectivity index (χ1v) is 5.10. The fourth-order valence-electron chi connectivity index (χ4n) is 1.64. The van der Waals surface area contributed by atoms with Crippen LogP contribution in [0.2, 0.25) is 0 Å². The molecule has 0 unspecified atom stereocenters. The molecule has 0 atom stereocenters. The Morgan fingerprint density at radius 2 is 1.10 bits per heavy atom. The lowest BCUT2D eigenvalue weighted by atomic mass is 9.95. The van der Waals surface area contributed by atoms with E-state index in [9.17, 15) is 44.3 Å². The molecule has 1 rings (SSSR count). The summed E-state index contributed by atoms with van der Waals surface area (Å²) < 4.78 is 113. The number of alkyl halides is 9. The van der Waals surface area contributed by atoms with Gasteiger partial charge in [-0.2, -0.15) is 39.5 Å². The Bertz CT molecular complexity index is 536. The first kappa shape index (κ1) is 17.3. The Kier molecular flexibility index (Phi) is 4.31. The summed E-state index contributed by atoms with van der Waals surface area (Å²) in [6.07, 6.45) is -17.7. The van der Waals surface area contributed by atoms with Gasteiger partial charge in [0.1, 0.15) is 6.29 Å². The van der Waals surface area contributed by atoms with Gasteiger partial charge in [0.05, 0.1) is 16.7 Å². The maximum Gasteiger partial charge on any atom is 0.417 e. The molecule has 0 aliphatic heterocycles. The van der Waals surface area contributed by atoms with Gasteiger partial charge in [-0.3, -0.25) is 0 Å². The number of hydrogen-bond acceptors (Lipinski definition) is 1. The standard InChI is InChI=1S/C11H5F9O/c12-9(13,14)6-4-8(11(18,19)20)7(10(15,16)17)3-5(6)1-2-21/h2-4H,1H2. The lowest BCUT2D eigenvalue weighted by Gasteiger charge is -2.20. The topological polar surface area (TPSA) is 17.1 Å². The van der Waals surface area contributed by atoms with E-state index in [1.54, 1.807) is 0 Å². The van der Waals surface area contributed by atoms with Crippen LogP contribution in [0.4, 0.5) is 39.5 Å². The second kappa shape index (κ2) is 5.23. The molecular weight excluding hydrogens is 319 g/mol. The molecule has 0 amide bonds. The Labute approximate surface area is 111 Å². The van der Waals surface area contributed by atoms with Crippen molar-refractivity contribution in [2.75, 3.05) is 0 Å². The number of benzene rings is 1. The van der Waals surface area contributed by atoms with Crippen LogP contribution in [0.5, 0.6) is 0 Å². The second-order valence-corrected chi connectivity index (χ2v) is 3.92. The van der Waals surface area contributed by atoms with Gasteiger partial charge in [-0.25, -0.2) is 0 Å². The van der Waals surface area contributed by atoms with Crippen LogP contribution in [0.1, 0.15) is 22.3 Å². The summed E-state index contributed by atoms with van der Waals surface area (Å²) in [6.45, 7) is 0. The van der Waals surface area contributed by atoms with Crippen LogP contribution in [-0.2, 0) is 29.7 Å². The molecule has 0 saturated carbocycles. The number of halogens is 9. The summed E-state index contributed by atoms with van der Waals surface area (Å²) >= 11 is 0. The Balaban J connectivity index is 3.75. The normalized spacial score (nSPS) is 13.4. The van der Waals surface area contributed by atoms with Gasteiger partial charge in [-0.15, -0.1) is 0 Å². The van der Waals surface area contributed by atoms with Crippen LogP contribution < -0.4 is 0 Å². The molecule has 0 fully saturated rings. The van der Waals surface area contributed by atoms with Crippen LogP contribution in [0, 0.1) is 0 Å². The molecule has 0 spiro atoms. The zero-order chi connectivity index (χ0) is 16.6. The molecule has 0 aliphatic carbocycles. The minimum absolute atomic E-state index is 0.127. The molecule has 0 saturated heterocycles. The van der Waals surface area contributed by atoms with Crippen LogP contribution in [0.15, 0.2) is 12.1 Å². The number of carbonyl (C=O) groups excluding carboxylic acids is 1. The van der Waals surface area contributed by atoms with E-state index in [0.29, 0.717) is 0 Å². The molecule has 1 nitrogen and oxygen atoms in total. The molecule has 10 heteroatoms. The summed E-state index contributed by atoms with van der Waals surface area (Å²) in [7, 11) is 0. The van der Waals surface area contributed by atoms with E-state index in [-0.39, 0.29) is 12.4 Å². The molecule has 0 radical (unpaired) electrons. The lowest BCUT2D eigenvalue weighted by molar-refractivity contribution is -0.163. The summed E-state index contributed by atoms with van der Waals surface area (Å²) in [5, 5.41) is 0. The molecular formula is C11H5F9O. The maximum absolute atomic E-state index is 12.6. The van der Waals surface area contributed by atoms with Gasteiger partial charge in [0.25, 0.3) is 0 Å². The van der Waals surface area contributed by atoms with Gasteiger partial charge in [0.2, 0.25) is 0 Å². The van der Waals surface area contributed by atoms with Crippen LogP contribution >= 0.6 is 0 Å². The van der Waals surface area contributed by atoms with Gasteiger partial charge >= 0.3 is 18.5 Å². The molecule has 0 heterocycles. The highest BCUT2D eigenvalue weighted by Gasteiger charge is 2.46. The summed E-state index contributed by atoms with van der Waals surface area (Å²) in [6, 6.07) is -0.915. The van der Waals surface area contributed by atoms with Crippen molar-refractivity contribution in [3.05, 3.63) is 34.4 Å². The number of rotatable bonds is 2. The van der Waals surface area contributed by atoms with E-state index in [0.717, 1.165) is 0 Å². The minimum Gasteiger partial charge on any atom is -0.303 e. The predicted molar refractivity (Wildman–Crippen MR) is 51.2 cm³/mol. The van der Waals surface area contributed by atoms with Gasteiger partial charge in [0, 0.05) is 6.42 Å². The number of carbonyl (C=O) groups is 1. The van der Waals surface area contributed by atoms with E-state index in [1.165, 1.54) is 0 Å². The Morgan fingerprint density at radius 1 is 0.714 bits per heavy atom. The zero-order valence-electron chi connectivity index (χ0n) is 9.75. The molecule has 0 N–H and O–H groups in total. The molecule has 0 aromatic heterocycles. The van der Waals surface area contributed by atoms with E-state index in [2.05, 4.69) is 0 Å². The predicted octanol–water partition coefficient (Wildman–Crippen LogP) is 4.48. The summed E-state index contributed by atoms with van der Waals surface area (Å²) in [5.41, 5.74) is -7.80. The number of aldehydes is 1. The molecule has 0 aliphatic rings. The SMILES string of the molecule is O=CCc1cc(C(F)(F)F)c(C(F)(F)F)cc1C(F)(F)F. The van der Waals surface area contributed by atoms with Gasteiger partial charge in [0.15, 0.2) is 0 Å². The minimum atomic E-state index is -5.62. The van der Waals surface area contributed by atoms with E-state index < -0.39 is 53.3 Å². The third-order valence-corrected chi connectivity index (χ3v) is 2.46. The first-order valence-electron chi connectivity index (χ1n) is 5.10. The first-order chi connectivity index (χ1) is 9.28. The van der Waals surface area contributed by atoms with E-state index in [1.807, 2.05) is 0 Å². The molecule has 118 valence electrons. The summed E-state index contributed by atoms with van der Waals surface area (Å²) in [5.74, 6) is 0. The van der Waals surface area contributed by atoms with Crippen molar-refractivity contribution in [3.63, 3.8) is 0 Å². The highest BCUT2D eigenvalue weighted by atomic mass is 19.4. The van der Waals surface area contributed by atoms with Crippen molar-refractivity contribution < 1.29 is 44.3 Å². The molecule has 0 bridgehead atoms. The average molecular weight is 324 g/mol. The van der Waals surface area contributed by atoms with Gasteiger partial charge in [-0.1, -0.05) is 0 Å². The van der Waals surface area contributed by atoms with Crippen LogP contribution in [0.3, 0.4) is 0 Å². The Morgan fingerprint density at radius 3 is 1.43 bits per heavy atom. The van der Waals surface area contributed by atoms with Crippen molar-refractivity contribution in [1.29, 1.82) is 0 Å². The second-order valence-electron chi connectivity index (χ2n) is 3.92. The highest BCUT2D eigenvalue weighted by molar-refractivity contribution is 5.58. The van der Waals surface area contributed by atoms with Gasteiger partial charge < -0.3 is 4.79 Å². The van der Waals surface area contributed by atoms with Crippen molar-refractivity contribution in [2.24, 2.45) is 0 Å². The maximum atomic E-state index is 12.6. The van der Waals surface area contributed by atoms with Crippen molar-refractivity contribution in [1.82, 2.24) is 0 Å². The van der Waals surface area contributed by atoms with E-state index >= 15 is 0 Å². The average Bonchev–Trinajstić information content (AvgIpc) is 2.24. The van der Waals surface area contributed by atoms with Crippen LogP contribution in [-0.4, -0.2) is 6.29 Å². The fraction of sp³-hybridized carbons (Fsp3) is 0.364. The highest BCUT2D eigenvalue weighted by Crippen LogP contribution is 2.44. The van der Waals surface area contributed by atoms with Crippen LogP contribution in [0.25, 0.3) is 0 Å². The van der Waals surface area contributed by atoms with E-state index in [4.69, 9.17) is 0 Å². The number of hydrogen-bond donors (Lipinski definition) is 0. The smallest absolute Gasteiger partial charge is 0.303 e.